The van der Waals surface area contributed by atoms with E-state index in [0.717, 1.165) is 36.8 Å². The van der Waals surface area contributed by atoms with E-state index in [9.17, 15) is 10.2 Å². The molecular formula is C18H28ClN3O3. The van der Waals surface area contributed by atoms with Crippen LogP contribution in [0.2, 0.25) is 5.02 Å². The number of likely N-dealkylation sites (N-methyl/N-ethyl adjacent to an activating group) is 1. The average Bonchev–Trinajstić information content (AvgIpc) is 2.92. The summed E-state index contributed by atoms with van der Waals surface area (Å²) < 4.78 is 5.93. The Kier molecular flexibility index (Phi) is 6.68. The fourth-order valence-electron chi connectivity index (χ4n) is 3.72. The van der Waals surface area contributed by atoms with Crippen LogP contribution in [0.15, 0.2) is 24.3 Å². The van der Waals surface area contributed by atoms with Crippen LogP contribution in [0, 0.1) is 0 Å². The summed E-state index contributed by atoms with van der Waals surface area (Å²) in [5.41, 5.74) is 1.11. The molecule has 2 heterocycles. The van der Waals surface area contributed by atoms with E-state index in [0.29, 0.717) is 13.1 Å². The summed E-state index contributed by atoms with van der Waals surface area (Å²) in [5, 5.41) is 24.2. The second kappa shape index (κ2) is 8.77. The zero-order chi connectivity index (χ0) is 17.8. The van der Waals surface area contributed by atoms with Crippen LogP contribution in [0.5, 0.6) is 0 Å². The van der Waals surface area contributed by atoms with Crippen molar-refractivity contribution in [3.05, 3.63) is 34.9 Å². The third-order valence-corrected chi connectivity index (χ3v) is 5.40. The molecule has 2 aliphatic heterocycles. The van der Waals surface area contributed by atoms with Crippen LogP contribution in [0.25, 0.3) is 0 Å². The van der Waals surface area contributed by atoms with Gasteiger partial charge in [0, 0.05) is 44.3 Å². The van der Waals surface area contributed by atoms with Gasteiger partial charge in [0.1, 0.15) is 12.2 Å². The molecule has 0 spiro atoms. The Morgan fingerprint density at radius 2 is 2.00 bits per heavy atom. The molecule has 25 heavy (non-hydrogen) atoms. The first-order valence-electron chi connectivity index (χ1n) is 8.90. The minimum absolute atomic E-state index is 0.0855. The van der Waals surface area contributed by atoms with E-state index in [1.807, 2.05) is 24.3 Å². The normalized spacial score (nSPS) is 31.5. The summed E-state index contributed by atoms with van der Waals surface area (Å²) in [7, 11) is 2.11. The van der Waals surface area contributed by atoms with Gasteiger partial charge in [-0.25, -0.2) is 0 Å². The van der Waals surface area contributed by atoms with Crippen molar-refractivity contribution in [2.24, 2.45) is 0 Å². The van der Waals surface area contributed by atoms with Crippen molar-refractivity contribution < 1.29 is 14.9 Å². The van der Waals surface area contributed by atoms with Crippen LogP contribution in [0.4, 0.5) is 0 Å². The van der Waals surface area contributed by atoms with Crippen molar-refractivity contribution >= 4 is 11.6 Å². The predicted molar refractivity (Wildman–Crippen MR) is 97.8 cm³/mol. The van der Waals surface area contributed by atoms with Crippen LogP contribution in [0.3, 0.4) is 0 Å². The summed E-state index contributed by atoms with van der Waals surface area (Å²) >= 11 is 6.02. The van der Waals surface area contributed by atoms with Gasteiger partial charge in [0.25, 0.3) is 0 Å². The number of hydrogen-bond acceptors (Lipinski definition) is 6. The molecule has 4 atom stereocenters. The Morgan fingerprint density at radius 3 is 2.68 bits per heavy atom. The maximum atomic E-state index is 10.6. The van der Waals surface area contributed by atoms with E-state index >= 15 is 0 Å². The molecule has 0 saturated carbocycles. The molecule has 2 saturated heterocycles. The van der Waals surface area contributed by atoms with E-state index in [4.69, 9.17) is 16.3 Å². The fraction of sp³-hybridized carbons (Fsp3) is 0.667. The number of hydrogen-bond donors (Lipinski definition) is 3. The van der Waals surface area contributed by atoms with E-state index in [2.05, 4.69) is 22.2 Å². The number of aliphatic hydroxyl groups excluding tert-OH is 2. The topological polar surface area (TPSA) is 68.2 Å². The smallest absolute Gasteiger partial charge is 0.109 e. The van der Waals surface area contributed by atoms with Crippen LogP contribution in [-0.4, -0.2) is 90.7 Å². The molecule has 2 aliphatic rings. The molecule has 0 aromatic heterocycles. The van der Waals surface area contributed by atoms with Gasteiger partial charge in [0.15, 0.2) is 0 Å². The molecule has 6 nitrogen and oxygen atoms in total. The van der Waals surface area contributed by atoms with Crippen molar-refractivity contribution in [2.75, 3.05) is 46.4 Å². The van der Waals surface area contributed by atoms with Gasteiger partial charge in [-0.05, 0) is 24.7 Å². The van der Waals surface area contributed by atoms with Gasteiger partial charge < -0.3 is 25.2 Å². The molecule has 3 rings (SSSR count). The summed E-state index contributed by atoms with van der Waals surface area (Å²) in [6, 6.07) is 7.67. The number of benzene rings is 1. The van der Waals surface area contributed by atoms with Crippen molar-refractivity contribution in [3.63, 3.8) is 0 Å². The van der Waals surface area contributed by atoms with E-state index in [-0.39, 0.29) is 18.8 Å². The first kappa shape index (κ1) is 19.0. The molecule has 7 heteroatoms. The SMILES string of the molecule is CN1CCN([C@H]2[C@H](O)[C@H](CO)O[C@@H]2CNCc2cccc(Cl)c2)CC1. The van der Waals surface area contributed by atoms with Crippen molar-refractivity contribution in [2.45, 2.75) is 30.9 Å². The lowest BCUT2D eigenvalue weighted by Crippen LogP contribution is -2.56. The highest BCUT2D eigenvalue weighted by atomic mass is 35.5. The summed E-state index contributed by atoms with van der Waals surface area (Å²) in [4.78, 5) is 4.58. The summed E-state index contributed by atoms with van der Waals surface area (Å²) in [6.07, 6.45) is -1.32. The van der Waals surface area contributed by atoms with Crippen LogP contribution in [0.1, 0.15) is 5.56 Å². The molecule has 140 valence electrons. The second-order valence-electron chi connectivity index (χ2n) is 6.98. The Balaban J connectivity index is 1.59. The molecule has 1 aromatic rings. The largest absolute Gasteiger partial charge is 0.394 e. The molecule has 1 aromatic carbocycles. The van der Waals surface area contributed by atoms with Crippen LogP contribution in [-0.2, 0) is 11.3 Å². The lowest BCUT2D eigenvalue weighted by molar-refractivity contribution is -0.0213. The lowest BCUT2D eigenvalue weighted by atomic mass is 10.0. The Morgan fingerprint density at radius 1 is 1.24 bits per heavy atom. The number of piperazine rings is 1. The molecule has 0 aliphatic carbocycles. The Bertz CT molecular complexity index is 554. The van der Waals surface area contributed by atoms with E-state index in [1.165, 1.54) is 0 Å². The summed E-state index contributed by atoms with van der Waals surface area (Å²) in [5.74, 6) is 0. The van der Waals surface area contributed by atoms with Crippen LogP contribution < -0.4 is 5.32 Å². The van der Waals surface area contributed by atoms with E-state index in [1.54, 1.807) is 0 Å². The van der Waals surface area contributed by atoms with Crippen molar-refractivity contribution in [1.82, 2.24) is 15.1 Å². The number of nitrogens with one attached hydrogen (secondary N) is 1. The Labute approximate surface area is 154 Å². The monoisotopic (exact) mass is 369 g/mol. The van der Waals surface area contributed by atoms with Gasteiger partial charge in [-0.3, -0.25) is 4.90 Å². The van der Waals surface area contributed by atoms with Gasteiger partial charge in [0.05, 0.1) is 18.8 Å². The molecule has 0 radical (unpaired) electrons. The molecule has 2 fully saturated rings. The van der Waals surface area contributed by atoms with Crippen molar-refractivity contribution in [1.29, 1.82) is 0 Å². The lowest BCUT2D eigenvalue weighted by Gasteiger charge is -2.39. The van der Waals surface area contributed by atoms with Crippen LogP contribution >= 0.6 is 11.6 Å². The third-order valence-electron chi connectivity index (χ3n) is 5.16. The first-order valence-corrected chi connectivity index (χ1v) is 9.28. The molecule has 0 unspecified atom stereocenters. The van der Waals surface area contributed by atoms with Gasteiger partial charge in [-0.1, -0.05) is 23.7 Å². The standard InChI is InChI=1S/C18H28ClN3O3/c1-21-5-7-22(8-6-21)17-15(25-16(12-23)18(17)24)11-20-10-13-3-2-4-14(19)9-13/h2-4,9,15-18,20,23-24H,5-8,10-12H2,1H3/t15-,16+,17-,18-/m1/s1. The molecular weight excluding hydrogens is 342 g/mol. The highest BCUT2D eigenvalue weighted by Gasteiger charge is 2.46. The second-order valence-corrected chi connectivity index (χ2v) is 7.41. The molecule has 0 bridgehead atoms. The highest BCUT2D eigenvalue weighted by Crippen LogP contribution is 2.26. The maximum absolute atomic E-state index is 10.6. The number of ether oxygens (including phenoxy) is 1. The van der Waals surface area contributed by atoms with Gasteiger partial charge >= 0.3 is 0 Å². The summed E-state index contributed by atoms with van der Waals surface area (Å²) in [6.45, 7) is 4.93. The predicted octanol–water partition coefficient (Wildman–Crippen LogP) is 0.166. The molecule has 3 N–H and O–H groups in total. The quantitative estimate of drug-likeness (QED) is 0.664. The maximum Gasteiger partial charge on any atom is 0.109 e. The number of rotatable bonds is 6. The van der Waals surface area contributed by atoms with E-state index < -0.39 is 12.2 Å². The minimum Gasteiger partial charge on any atom is -0.394 e. The molecule has 0 amide bonds. The third kappa shape index (κ3) is 4.71. The zero-order valence-electron chi connectivity index (χ0n) is 14.6. The minimum atomic E-state index is -0.661. The number of nitrogens with zero attached hydrogens (tertiary/aromatic N) is 2. The first-order chi connectivity index (χ1) is 12.1. The fourth-order valence-corrected chi connectivity index (χ4v) is 3.94. The van der Waals surface area contributed by atoms with Gasteiger partial charge in [-0.15, -0.1) is 0 Å². The number of aliphatic hydroxyl groups is 2. The average molecular weight is 370 g/mol. The van der Waals surface area contributed by atoms with Gasteiger partial charge in [-0.2, -0.15) is 0 Å². The number of halogens is 1. The highest BCUT2D eigenvalue weighted by molar-refractivity contribution is 6.30. The van der Waals surface area contributed by atoms with Gasteiger partial charge in [0.2, 0.25) is 0 Å². The van der Waals surface area contributed by atoms with Crippen molar-refractivity contribution in [3.8, 4) is 0 Å². The Hall–Kier alpha value is -0.730. The zero-order valence-corrected chi connectivity index (χ0v) is 15.4.